The van der Waals surface area contributed by atoms with E-state index in [9.17, 15) is 9.90 Å². The molecule has 0 unspecified atom stereocenters. The van der Waals surface area contributed by atoms with Crippen molar-refractivity contribution in [2.24, 2.45) is 0 Å². The van der Waals surface area contributed by atoms with Gasteiger partial charge in [0.2, 0.25) is 0 Å². The number of nitrogen functional groups attached to an aromatic ring is 1. The molecule has 1 rings (SSSR count). The number of nitrogens with two attached hydrogens (primary N) is 1. The molecular formula is C15H21NO3. The van der Waals surface area contributed by atoms with Crippen LogP contribution in [0.5, 0.6) is 5.75 Å². The number of anilines is 1. The Labute approximate surface area is 113 Å². The van der Waals surface area contributed by atoms with Crippen LogP contribution in [-0.4, -0.2) is 17.7 Å². The van der Waals surface area contributed by atoms with E-state index in [1.165, 1.54) is 12.2 Å². The van der Waals surface area contributed by atoms with Crippen molar-refractivity contribution in [3.8, 4) is 5.75 Å². The molecule has 0 saturated heterocycles. The molecule has 0 aromatic heterocycles. The van der Waals surface area contributed by atoms with Crippen LogP contribution in [0.15, 0.2) is 18.2 Å². The molecule has 1 aromatic carbocycles. The van der Waals surface area contributed by atoms with Crippen molar-refractivity contribution in [1.82, 2.24) is 0 Å². The van der Waals surface area contributed by atoms with Gasteiger partial charge < -0.3 is 15.6 Å². The second-order valence-corrected chi connectivity index (χ2v) is 5.34. The summed E-state index contributed by atoms with van der Waals surface area (Å²) in [6.45, 7) is 8.22. The molecule has 0 aliphatic rings. The molecule has 0 heterocycles. The standard InChI is InChI=1S/C15H21NO3/c1-5-19-13(17)7-6-10-8-11(15(2,3)4)9-12(16)14(10)18/h6-9,18H,5,16H2,1-4H3/b7-6+. The van der Waals surface area contributed by atoms with Gasteiger partial charge >= 0.3 is 5.97 Å². The predicted octanol–water partition coefficient (Wildman–Crippen LogP) is 2.85. The first kappa shape index (κ1) is 15.1. The van der Waals surface area contributed by atoms with Crippen molar-refractivity contribution in [2.45, 2.75) is 33.1 Å². The topological polar surface area (TPSA) is 72.5 Å². The lowest BCUT2D eigenvalue weighted by Gasteiger charge is -2.20. The summed E-state index contributed by atoms with van der Waals surface area (Å²) < 4.78 is 4.79. The molecule has 1 aromatic rings. The van der Waals surface area contributed by atoms with Gasteiger partial charge in [0.05, 0.1) is 12.3 Å². The number of rotatable bonds is 3. The molecule has 0 saturated carbocycles. The molecule has 0 spiro atoms. The number of phenolic OH excluding ortho intramolecular Hbond substituents is 1. The molecule has 0 bridgehead atoms. The van der Waals surface area contributed by atoms with E-state index in [1.807, 2.05) is 6.07 Å². The minimum atomic E-state index is -0.443. The second kappa shape index (κ2) is 5.78. The predicted molar refractivity (Wildman–Crippen MR) is 76.9 cm³/mol. The first-order valence-electron chi connectivity index (χ1n) is 6.23. The van der Waals surface area contributed by atoms with Crippen molar-refractivity contribution < 1.29 is 14.6 Å². The van der Waals surface area contributed by atoms with Crippen LogP contribution in [0, 0.1) is 0 Å². The van der Waals surface area contributed by atoms with Crippen LogP contribution in [0.25, 0.3) is 6.08 Å². The maximum absolute atomic E-state index is 11.3. The molecular weight excluding hydrogens is 242 g/mol. The number of aromatic hydroxyl groups is 1. The van der Waals surface area contributed by atoms with Crippen molar-refractivity contribution in [2.75, 3.05) is 12.3 Å². The molecule has 0 amide bonds. The first-order chi connectivity index (χ1) is 8.75. The monoisotopic (exact) mass is 263 g/mol. The largest absolute Gasteiger partial charge is 0.505 e. The third kappa shape index (κ3) is 4.02. The van der Waals surface area contributed by atoms with Crippen LogP contribution < -0.4 is 5.73 Å². The van der Waals surface area contributed by atoms with Gasteiger partial charge in [-0.05, 0) is 36.1 Å². The molecule has 0 aliphatic carbocycles. The van der Waals surface area contributed by atoms with Gasteiger partial charge in [0.15, 0.2) is 0 Å². The van der Waals surface area contributed by atoms with Crippen LogP contribution >= 0.6 is 0 Å². The summed E-state index contributed by atoms with van der Waals surface area (Å²) >= 11 is 0. The summed E-state index contributed by atoms with van der Waals surface area (Å²) in [5.74, 6) is -0.463. The van der Waals surface area contributed by atoms with Crippen molar-refractivity contribution >= 4 is 17.7 Å². The Morgan fingerprint density at radius 1 is 1.42 bits per heavy atom. The van der Waals surface area contributed by atoms with Crippen LogP contribution in [0.3, 0.4) is 0 Å². The molecule has 0 atom stereocenters. The Hall–Kier alpha value is -1.97. The normalized spacial score (nSPS) is 11.8. The van der Waals surface area contributed by atoms with E-state index in [0.717, 1.165) is 5.56 Å². The quantitative estimate of drug-likeness (QED) is 0.380. The van der Waals surface area contributed by atoms with Gasteiger partial charge in [-0.2, -0.15) is 0 Å². The fraction of sp³-hybridized carbons (Fsp3) is 0.400. The fourth-order valence-electron chi connectivity index (χ4n) is 1.59. The van der Waals surface area contributed by atoms with Gasteiger partial charge in [-0.15, -0.1) is 0 Å². The number of phenols is 1. The highest BCUT2D eigenvalue weighted by Crippen LogP contribution is 2.33. The first-order valence-corrected chi connectivity index (χ1v) is 6.23. The number of hydrogen-bond donors (Lipinski definition) is 2. The van der Waals surface area contributed by atoms with Crippen molar-refractivity contribution in [3.63, 3.8) is 0 Å². The van der Waals surface area contributed by atoms with E-state index in [1.54, 1.807) is 13.0 Å². The second-order valence-electron chi connectivity index (χ2n) is 5.34. The Morgan fingerprint density at radius 3 is 2.58 bits per heavy atom. The van der Waals surface area contributed by atoms with Gasteiger partial charge in [-0.25, -0.2) is 4.79 Å². The third-order valence-corrected chi connectivity index (χ3v) is 2.72. The summed E-state index contributed by atoms with van der Waals surface area (Å²) in [6.07, 6.45) is 2.80. The van der Waals surface area contributed by atoms with Gasteiger partial charge in [0, 0.05) is 11.6 Å². The van der Waals surface area contributed by atoms with E-state index < -0.39 is 5.97 Å². The van der Waals surface area contributed by atoms with E-state index in [4.69, 9.17) is 10.5 Å². The lowest BCUT2D eigenvalue weighted by Crippen LogP contribution is -2.12. The van der Waals surface area contributed by atoms with Crippen LogP contribution in [-0.2, 0) is 14.9 Å². The highest BCUT2D eigenvalue weighted by Gasteiger charge is 2.17. The zero-order valence-electron chi connectivity index (χ0n) is 11.9. The van der Waals surface area contributed by atoms with Crippen molar-refractivity contribution in [3.05, 3.63) is 29.3 Å². The lowest BCUT2D eigenvalue weighted by atomic mass is 9.85. The SMILES string of the molecule is CCOC(=O)/C=C/c1cc(C(C)(C)C)cc(N)c1O. The van der Waals surface area contributed by atoms with Crippen LogP contribution in [0.4, 0.5) is 5.69 Å². The van der Waals surface area contributed by atoms with Crippen LogP contribution in [0.1, 0.15) is 38.8 Å². The number of carbonyl (C=O) groups excluding carboxylic acids is 1. The van der Waals surface area contributed by atoms with Gasteiger partial charge in [0.1, 0.15) is 5.75 Å². The lowest BCUT2D eigenvalue weighted by molar-refractivity contribution is -0.137. The average Bonchev–Trinajstić information content (AvgIpc) is 2.30. The highest BCUT2D eigenvalue weighted by molar-refractivity contribution is 5.88. The minimum Gasteiger partial charge on any atom is -0.505 e. The molecule has 19 heavy (non-hydrogen) atoms. The molecule has 3 N–H and O–H groups in total. The van der Waals surface area contributed by atoms with Crippen LogP contribution in [0.2, 0.25) is 0 Å². The summed E-state index contributed by atoms with van der Waals surface area (Å²) in [5.41, 5.74) is 7.50. The summed E-state index contributed by atoms with van der Waals surface area (Å²) in [6, 6.07) is 3.57. The van der Waals surface area contributed by atoms with Gasteiger partial charge in [0.25, 0.3) is 0 Å². The Morgan fingerprint density at radius 2 is 2.05 bits per heavy atom. The number of hydrogen-bond acceptors (Lipinski definition) is 4. The average molecular weight is 263 g/mol. The Kier molecular flexibility index (Phi) is 4.59. The zero-order valence-corrected chi connectivity index (χ0v) is 11.9. The number of carbonyl (C=O) groups is 1. The third-order valence-electron chi connectivity index (χ3n) is 2.72. The molecule has 0 radical (unpaired) electrons. The highest BCUT2D eigenvalue weighted by atomic mass is 16.5. The number of ether oxygens (including phenoxy) is 1. The van der Waals surface area contributed by atoms with E-state index in [2.05, 4.69) is 20.8 Å². The van der Waals surface area contributed by atoms with E-state index in [-0.39, 0.29) is 11.2 Å². The maximum Gasteiger partial charge on any atom is 0.330 e. The summed E-state index contributed by atoms with van der Waals surface area (Å²) in [7, 11) is 0. The van der Waals surface area contributed by atoms with E-state index >= 15 is 0 Å². The van der Waals surface area contributed by atoms with Crippen molar-refractivity contribution in [1.29, 1.82) is 0 Å². The number of benzene rings is 1. The minimum absolute atomic E-state index is 0.0199. The maximum atomic E-state index is 11.3. The molecule has 0 fully saturated rings. The molecule has 104 valence electrons. The van der Waals surface area contributed by atoms with E-state index in [0.29, 0.717) is 17.9 Å². The number of esters is 1. The van der Waals surface area contributed by atoms with Gasteiger partial charge in [-0.1, -0.05) is 20.8 Å². The zero-order chi connectivity index (χ0) is 14.6. The fourth-order valence-corrected chi connectivity index (χ4v) is 1.59. The smallest absolute Gasteiger partial charge is 0.330 e. The molecule has 0 aliphatic heterocycles. The Bertz CT molecular complexity index is 499. The molecule has 4 nitrogen and oxygen atoms in total. The van der Waals surface area contributed by atoms with Gasteiger partial charge in [-0.3, -0.25) is 0 Å². The summed E-state index contributed by atoms with van der Waals surface area (Å²) in [5, 5.41) is 9.90. The summed E-state index contributed by atoms with van der Waals surface area (Å²) in [4.78, 5) is 11.3. The Balaban J connectivity index is 3.13. The molecule has 4 heteroatoms.